The standard InChI is InChI=1S/C27H25NO5/c29-26-27(18-33-23-16-25-24(15-21(23)27)31-13-14-32-25)20-9-4-5-10-22(20)28(26)11-6-12-30-17-19-7-2-1-3-8-19/h1-5,7-10,15-16H,6,11-14,17-18H2. The van der Waals surface area contributed by atoms with Crippen LogP contribution < -0.4 is 19.1 Å². The molecule has 0 N–H and O–H groups in total. The average molecular weight is 443 g/mol. The van der Waals surface area contributed by atoms with Gasteiger partial charge < -0.3 is 23.8 Å². The van der Waals surface area contributed by atoms with Crippen LogP contribution in [0.15, 0.2) is 66.7 Å². The van der Waals surface area contributed by atoms with Crippen LogP contribution >= 0.6 is 0 Å². The van der Waals surface area contributed by atoms with Crippen molar-refractivity contribution in [2.75, 3.05) is 37.9 Å². The molecule has 33 heavy (non-hydrogen) atoms. The van der Waals surface area contributed by atoms with Crippen LogP contribution in [0.5, 0.6) is 17.2 Å². The number of anilines is 1. The highest BCUT2D eigenvalue weighted by Gasteiger charge is 2.57. The Kier molecular flexibility index (Phi) is 4.95. The molecule has 6 heteroatoms. The van der Waals surface area contributed by atoms with Crippen LogP contribution in [-0.4, -0.2) is 38.9 Å². The monoisotopic (exact) mass is 443 g/mol. The first-order chi connectivity index (χ1) is 16.3. The number of ether oxygens (including phenoxy) is 4. The van der Waals surface area contributed by atoms with Crippen molar-refractivity contribution in [1.29, 1.82) is 0 Å². The summed E-state index contributed by atoms with van der Waals surface area (Å²) >= 11 is 0. The zero-order chi connectivity index (χ0) is 22.3. The summed E-state index contributed by atoms with van der Waals surface area (Å²) in [5, 5.41) is 0. The number of hydrogen-bond acceptors (Lipinski definition) is 5. The first-order valence-electron chi connectivity index (χ1n) is 11.4. The van der Waals surface area contributed by atoms with E-state index in [1.807, 2.05) is 59.5 Å². The summed E-state index contributed by atoms with van der Waals surface area (Å²) in [7, 11) is 0. The van der Waals surface area contributed by atoms with E-state index in [-0.39, 0.29) is 12.5 Å². The summed E-state index contributed by atoms with van der Waals surface area (Å²) in [6, 6.07) is 21.9. The smallest absolute Gasteiger partial charge is 0.245 e. The predicted octanol–water partition coefficient (Wildman–Crippen LogP) is 4.09. The molecule has 1 spiro atoms. The molecule has 3 aliphatic rings. The minimum absolute atomic E-state index is 0.0437. The topological polar surface area (TPSA) is 57.2 Å². The molecule has 3 aliphatic heterocycles. The van der Waals surface area contributed by atoms with Gasteiger partial charge in [0.1, 0.15) is 31.0 Å². The lowest BCUT2D eigenvalue weighted by molar-refractivity contribution is -0.122. The summed E-state index contributed by atoms with van der Waals surface area (Å²) in [6.45, 7) is 3.04. The van der Waals surface area contributed by atoms with E-state index < -0.39 is 5.41 Å². The lowest BCUT2D eigenvalue weighted by Gasteiger charge is -2.24. The van der Waals surface area contributed by atoms with Gasteiger partial charge in [0.2, 0.25) is 5.91 Å². The van der Waals surface area contributed by atoms with E-state index >= 15 is 0 Å². The van der Waals surface area contributed by atoms with E-state index in [1.165, 1.54) is 0 Å². The Bertz CT molecular complexity index is 1190. The molecule has 0 bridgehead atoms. The van der Waals surface area contributed by atoms with Crippen LogP contribution in [0.4, 0.5) is 5.69 Å². The molecule has 0 saturated carbocycles. The molecule has 1 amide bonds. The second-order valence-electron chi connectivity index (χ2n) is 8.55. The normalized spacial score (nSPS) is 20.0. The molecule has 1 unspecified atom stereocenters. The zero-order valence-corrected chi connectivity index (χ0v) is 18.3. The van der Waals surface area contributed by atoms with Crippen LogP contribution in [0.3, 0.4) is 0 Å². The lowest BCUT2D eigenvalue weighted by atomic mass is 9.77. The van der Waals surface area contributed by atoms with Crippen LogP contribution in [0.2, 0.25) is 0 Å². The van der Waals surface area contributed by atoms with Gasteiger partial charge in [-0.3, -0.25) is 4.79 Å². The molecule has 6 rings (SSSR count). The molecule has 3 aromatic carbocycles. The van der Waals surface area contributed by atoms with Crippen molar-refractivity contribution < 1.29 is 23.7 Å². The second kappa shape index (κ2) is 8.12. The van der Waals surface area contributed by atoms with Gasteiger partial charge in [-0.2, -0.15) is 0 Å². The summed E-state index contributed by atoms with van der Waals surface area (Å²) < 4.78 is 23.4. The summed E-state index contributed by atoms with van der Waals surface area (Å²) in [4.78, 5) is 15.8. The Morgan fingerprint density at radius 2 is 1.61 bits per heavy atom. The third kappa shape index (κ3) is 3.25. The second-order valence-corrected chi connectivity index (χ2v) is 8.55. The minimum atomic E-state index is -0.855. The van der Waals surface area contributed by atoms with Gasteiger partial charge in [-0.05, 0) is 29.7 Å². The number of carbonyl (C=O) groups is 1. The fraction of sp³-hybridized carbons (Fsp3) is 0.296. The average Bonchev–Trinajstić information content (AvgIpc) is 3.35. The number of amides is 1. The zero-order valence-electron chi connectivity index (χ0n) is 18.3. The molecule has 0 aromatic heterocycles. The summed E-state index contributed by atoms with van der Waals surface area (Å²) in [6.07, 6.45) is 0.748. The number of fused-ring (bicyclic) bond motifs is 5. The van der Waals surface area contributed by atoms with E-state index in [9.17, 15) is 4.79 Å². The molecule has 168 valence electrons. The van der Waals surface area contributed by atoms with Gasteiger partial charge in [0.05, 0.1) is 6.61 Å². The van der Waals surface area contributed by atoms with Crippen molar-refractivity contribution in [3.05, 3.63) is 83.4 Å². The number of para-hydroxylation sites is 1. The van der Waals surface area contributed by atoms with Crippen molar-refractivity contribution >= 4 is 11.6 Å². The quantitative estimate of drug-likeness (QED) is 0.537. The fourth-order valence-corrected chi connectivity index (χ4v) is 5.02. The third-order valence-electron chi connectivity index (χ3n) is 6.60. The van der Waals surface area contributed by atoms with Crippen LogP contribution in [0.1, 0.15) is 23.1 Å². The Hall–Kier alpha value is -3.51. The van der Waals surface area contributed by atoms with E-state index in [0.717, 1.165) is 28.8 Å². The molecule has 6 nitrogen and oxygen atoms in total. The van der Waals surface area contributed by atoms with Crippen molar-refractivity contribution in [2.24, 2.45) is 0 Å². The summed E-state index contributed by atoms with van der Waals surface area (Å²) in [5.41, 5.74) is 3.07. The van der Waals surface area contributed by atoms with E-state index in [2.05, 4.69) is 12.1 Å². The Morgan fingerprint density at radius 1 is 0.848 bits per heavy atom. The third-order valence-corrected chi connectivity index (χ3v) is 6.60. The SMILES string of the molecule is O=C1N(CCCOCc2ccccc2)c2ccccc2C12COc1cc3c(cc12)OCCO3. The Balaban J connectivity index is 1.24. The van der Waals surface area contributed by atoms with Gasteiger partial charge in [-0.15, -0.1) is 0 Å². The van der Waals surface area contributed by atoms with Gasteiger partial charge in [0, 0.05) is 30.5 Å². The molecular weight excluding hydrogens is 418 g/mol. The highest BCUT2D eigenvalue weighted by molar-refractivity contribution is 6.11. The number of rotatable bonds is 6. The van der Waals surface area contributed by atoms with E-state index in [1.54, 1.807) is 0 Å². The number of benzene rings is 3. The molecule has 0 aliphatic carbocycles. The first-order valence-corrected chi connectivity index (χ1v) is 11.4. The predicted molar refractivity (Wildman–Crippen MR) is 123 cm³/mol. The van der Waals surface area contributed by atoms with Gasteiger partial charge >= 0.3 is 0 Å². The van der Waals surface area contributed by atoms with Crippen molar-refractivity contribution in [1.82, 2.24) is 0 Å². The highest BCUT2D eigenvalue weighted by Crippen LogP contribution is 2.54. The molecule has 1 atom stereocenters. The van der Waals surface area contributed by atoms with Crippen LogP contribution in [-0.2, 0) is 21.6 Å². The number of nitrogens with zero attached hydrogens (tertiary/aromatic N) is 1. The first kappa shape index (κ1) is 20.1. The van der Waals surface area contributed by atoms with Gasteiger partial charge in [0.25, 0.3) is 0 Å². The number of carbonyl (C=O) groups excluding carboxylic acids is 1. The molecule has 0 radical (unpaired) electrons. The molecule has 0 saturated heterocycles. The maximum Gasteiger partial charge on any atom is 0.245 e. The minimum Gasteiger partial charge on any atom is -0.491 e. The van der Waals surface area contributed by atoms with E-state index in [4.69, 9.17) is 18.9 Å². The van der Waals surface area contributed by atoms with Crippen LogP contribution in [0, 0.1) is 0 Å². The molecular formula is C27H25NO5. The largest absolute Gasteiger partial charge is 0.491 e. The fourth-order valence-electron chi connectivity index (χ4n) is 5.02. The van der Waals surface area contributed by atoms with Crippen LogP contribution in [0.25, 0.3) is 0 Å². The van der Waals surface area contributed by atoms with Crippen molar-refractivity contribution in [3.8, 4) is 17.2 Å². The van der Waals surface area contributed by atoms with Crippen molar-refractivity contribution in [2.45, 2.75) is 18.4 Å². The Morgan fingerprint density at radius 3 is 2.45 bits per heavy atom. The molecule has 3 aromatic rings. The van der Waals surface area contributed by atoms with Gasteiger partial charge in [0.15, 0.2) is 11.5 Å². The maximum absolute atomic E-state index is 13.9. The van der Waals surface area contributed by atoms with Crippen molar-refractivity contribution in [3.63, 3.8) is 0 Å². The highest BCUT2D eigenvalue weighted by atomic mass is 16.6. The maximum atomic E-state index is 13.9. The summed E-state index contributed by atoms with van der Waals surface area (Å²) in [5.74, 6) is 2.07. The van der Waals surface area contributed by atoms with Gasteiger partial charge in [-0.25, -0.2) is 0 Å². The Labute approximate surface area is 192 Å². The van der Waals surface area contributed by atoms with Gasteiger partial charge in [-0.1, -0.05) is 48.5 Å². The molecule has 0 fully saturated rings. The molecule has 3 heterocycles. The van der Waals surface area contributed by atoms with E-state index in [0.29, 0.717) is 50.2 Å². The number of hydrogen-bond donors (Lipinski definition) is 0. The lowest BCUT2D eigenvalue weighted by Crippen LogP contribution is -2.43.